The van der Waals surface area contributed by atoms with E-state index in [2.05, 4.69) is 55.3 Å². The number of fused-ring (bicyclic) bond motifs is 3. The van der Waals surface area contributed by atoms with Crippen LogP contribution in [0.25, 0.3) is 50.0 Å². The number of likely N-dealkylation sites (tertiary alicyclic amines) is 1. The van der Waals surface area contributed by atoms with E-state index in [-0.39, 0.29) is 5.82 Å². The molecule has 2 saturated heterocycles. The number of likely N-dealkylation sites (N-methyl/N-ethyl adjacent to an activating group) is 1. The van der Waals surface area contributed by atoms with Gasteiger partial charge >= 0.3 is 0 Å². The first-order valence-corrected chi connectivity index (χ1v) is 16.1. The molecule has 2 N–H and O–H groups in total. The van der Waals surface area contributed by atoms with Gasteiger partial charge in [-0.15, -0.1) is 0 Å². The number of H-pyrrole nitrogens is 2. The Balaban J connectivity index is 1.08. The minimum absolute atomic E-state index is 0.363. The number of halogens is 1. The minimum atomic E-state index is -0.363. The van der Waals surface area contributed by atoms with Crippen LogP contribution in [0.3, 0.4) is 0 Å². The van der Waals surface area contributed by atoms with Crippen LogP contribution in [0.2, 0.25) is 0 Å². The van der Waals surface area contributed by atoms with Crippen molar-refractivity contribution in [3.8, 4) is 28.4 Å². The number of rotatable bonds is 11. The van der Waals surface area contributed by atoms with Crippen molar-refractivity contribution < 1.29 is 13.9 Å². The average molecular weight is 620 g/mol. The molecule has 0 radical (unpaired) electrons. The second kappa shape index (κ2) is 11.9. The van der Waals surface area contributed by atoms with Crippen molar-refractivity contribution in [3.63, 3.8) is 0 Å². The van der Waals surface area contributed by atoms with Gasteiger partial charge < -0.3 is 24.3 Å². The Labute approximate surface area is 267 Å². The van der Waals surface area contributed by atoms with E-state index in [0.29, 0.717) is 29.7 Å². The molecular weight excluding hydrogens is 581 g/mol. The molecule has 2 fully saturated rings. The van der Waals surface area contributed by atoms with E-state index < -0.39 is 0 Å². The summed E-state index contributed by atoms with van der Waals surface area (Å²) in [5.41, 5.74) is 7.11. The van der Waals surface area contributed by atoms with E-state index in [1.165, 1.54) is 38.1 Å². The molecule has 0 bridgehead atoms. The van der Waals surface area contributed by atoms with Crippen LogP contribution in [0, 0.1) is 5.82 Å². The zero-order valence-corrected chi connectivity index (χ0v) is 26.2. The lowest BCUT2D eigenvalue weighted by atomic mass is 10.0. The zero-order chi connectivity index (χ0) is 31.2. The van der Waals surface area contributed by atoms with Crippen molar-refractivity contribution in [3.05, 3.63) is 84.1 Å². The highest BCUT2D eigenvalue weighted by atomic mass is 19.1. The number of nitrogens with zero attached hydrogens (tertiary/aromatic N) is 5. The molecule has 3 aliphatic heterocycles. The van der Waals surface area contributed by atoms with Gasteiger partial charge in [-0.1, -0.05) is 6.07 Å². The summed E-state index contributed by atoms with van der Waals surface area (Å²) in [6.07, 6.45) is 8.77. The molecule has 1 atom stereocenters. The van der Waals surface area contributed by atoms with E-state index in [1.54, 1.807) is 6.20 Å². The van der Waals surface area contributed by atoms with Crippen LogP contribution in [0.4, 0.5) is 4.39 Å². The molecular formula is C36H38FN7O2. The quantitative estimate of drug-likeness (QED) is 0.179. The van der Waals surface area contributed by atoms with E-state index >= 15 is 0 Å². The van der Waals surface area contributed by atoms with E-state index in [0.717, 1.165) is 76.3 Å². The molecule has 8 rings (SSSR count). The highest BCUT2D eigenvalue weighted by Crippen LogP contribution is 2.38. The molecule has 10 heteroatoms. The molecule has 0 saturated carbocycles. The number of ether oxygens (including phenoxy) is 2. The predicted molar refractivity (Wildman–Crippen MR) is 179 cm³/mol. The van der Waals surface area contributed by atoms with Gasteiger partial charge in [0, 0.05) is 65.5 Å². The number of aromatic nitrogens is 4. The Hall–Kier alpha value is -4.67. The van der Waals surface area contributed by atoms with Crippen LogP contribution in [0.5, 0.6) is 5.75 Å². The molecule has 2 aromatic carbocycles. The Morgan fingerprint density at radius 3 is 2.67 bits per heavy atom. The Morgan fingerprint density at radius 1 is 0.935 bits per heavy atom. The third-order valence-corrected chi connectivity index (χ3v) is 9.11. The summed E-state index contributed by atoms with van der Waals surface area (Å²) in [6.45, 7) is 6.28. The second-order valence-corrected chi connectivity index (χ2v) is 12.7. The van der Waals surface area contributed by atoms with Crippen molar-refractivity contribution in [2.24, 2.45) is 0 Å². The third kappa shape index (κ3) is 5.74. The molecule has 0 amide bonds. The van der Waals surface area contributed by atoms with Gasteiger partial charge in [0.05, 0.1) is 16.9 Å². The summed E-state index contributed by atoms with van der Waals surface area (Å²) < 4.78 is 26.9. The molecule has 0 aliphatic carbocycles. The van der Waals surface area contributed by atoms with Crippen molar-refractivity contribution in [2.45, 2.75) is 18.9 Å². The smallest absolute Gasteiger partial charge is 0.127 e. The topological polar surface area (TPSA) is 85.3 Å². The van der Waals surface area contributed by atoms with Gasteiger partial charge in [0.1, 0.15) is 42.3 Å². The van der Waals surface area contributed by atoms with Gasteiger partial charge in [-0.05, 0) is 88.1 Å². The number of benzene rings is 2. The van der Waals surface area contributed by atoms with Crippen molar-refractivity contribution in [1.29, 1.82) is 0 Å². The van der Waals surface area contributed by atoms with Crippen molar-refractivity contribution in [1.82, 2.24) is 34.9 Å². The number of aromatic amines is 2. The fraction of sp³-hybridized carbons (Fsp3) is 0.333. The minimum Gasteiger partial charge on any atom is -0.494 e. The highest BCUT2D eigenvalue weighted by molar-refractivity contribution is 6.01. The maximum Gasteiger partial charge on any atom is 0.127 e. The SMILES string of the molecule is CN(C)CCOc1cc(F)cc(-c2nccc3[nH]c(-c4n[nH]c5ccc(C6=CN7CC7C(OCCN7CCCC7)=C6)cc45)cc23)c1. The monoisotopic (exact) mass is 619 g/mol. The standard InChI is InChI=1S/C36H38FN7O2/c1-42(2)11-13-45-27-16-24(15-26(37)19-27)35-29-20-32(39-30(29)7-8-38-35)36-28-17-23(5-6-31(28)40-41-36)25-18-34(33-22-44(33)21-25)46-14-12-43-9-3-4-10-43/h5-8,15-21,33,39H,3-4,9-14,22H2,1-2H3,(H,40,41). The number of hydrogen-bond acceptors (Lipinski definition) is 7. The first-order valence-electron chi connectivity index (χ1n) is 16.1. The molecule has 6 heterocycles. The molecule has 5 aromatic rings. The van der Waals surface area contributed by atoms with Crippen LogP contribution in [0.15, 0.2) is 72.8 Å². The first-order chi connectivity index (χ1) is 22.5. The van der Waals surface area contributed by atoms with Crippen LogP contribution < -0.4 is 4.74 Å². The molecule has 3 aliphatic rings. The maximum absolute atomic E-state index is 14.7. The van der Waals surface area contributed by atoms with Crippen LogP contribution in [-0.2, 0) is 4.74 Å². The summed E-state index contributed by atoms with van der Waals surface area (Å²) in [6, 6.07) is 15.5. The van der Waals surface area contributed by atoms with E-state index in [1.807, 2.05) is 37.2 Å². The van der Waals surface area contributed by atoms with Gasteiger partial charge in [-0.2, -0.15) is 5.10 Å². The Morgan fingerprint density at radius 2 is 1.80 bits per heavy atom. The van der Waals surface area contributed by atoms with Gasteiger partial charge in [-0.3, -0.25) is 15.0 Å². The first kappa shape index (κ1) is 28.8. The molecule has 236 valence electrons. The summed E-state index contributed by atoms with van der Waals surface area (Å²) in [5, 5.41) is 9.81. The van der Waals surface area contributed by atoms with Gasteiger partial charge in [0.2, 0.25) is 0 Å². The van der Waals surface area contributed by atoms with Crippen LogP contribution in [-0.4, -0.2) is 101 Å². The lowest BCUT2D eigenvalue weighted by Crippen LogP contribution is -2.24. The number of hydrogen-bond donors (Lipinski definition) is 2. The third-order valence-electron chi connectivity index (χ3n) is 9.11. The maximum atomic E-state index is 14.7. The van der Waals surface area contributed by atoms with Crippen molar-refractivity contribution >= 4 is 27.4 Å². The van der Waals surface area contributed by atoms with E-state index in [4.69, 9.17) is 14.6 Å². The number of pyridine rings is 1. The van der Waals surface area contributed by atoms with E-state index in [9.17, 15) is 4.39 Å². The van der Waals surface area contributed by atoms with Gasteiger partial charge in [0.25, 0.3) is 0 Å². The predicted octanol–water partition coefficient (Wildman–Crippen LogP) is 5.89. The largest absolute Gasteiger partial charge is 0.494 e. The fourth-order valence-electron chi connectivity index (χ4n) is 6.55. The molecule has 0 spiro atoms. The summed E-state index contributed by atoms with van der Waals surface area (Å²) in [4.78, 5) is 15.0. The summed E-state index contributed by atoms with van der Waals surface area (Å²) >= 11 is 0. The van der Waals surface area contributed by atoms with Gasteiger partial charge in [0.15, 0.2) is 0 Å². The van der Waals surface area contributed by atoms with Crippen molar-refractivity contribution in [2.75, 3.05) is 60.0 Å². The Kier molecular flexibility index (Phi) is 7.46. The normalized spacial score (nSPS) is 17.9. The molecule has 3 aromatic heterocycles. The average Bonchev–Trinajstić information content (AvgIpc) is 3.37. The van der Waals surface area contributed by atoms with Crippen LogP contribution >= 0.6 is 0 Å². The fourth-order valence-corrected chi connectivity index (χ4v) is 6.55. The summed E-state index contributed by atoms with van der Waals surface area (Å²) in [5.74, 6) is 1.18. The highest BCUT2D eigenvalue weighted by Gasteiger charge is 2.39. The molecule has 1 unspecified atom stereocenters. The summed E-state index contributed by atoms with van der Waals surface area (Å²) in [7, 11) is 3.95. The zero-order valence-electron chi connectivity index (χ0n) is 26.2. The molecule has 9 nitrogen and oxygen atoms in total. The van der Waals surface area contributed by atoms with Gasteiger partial charge in [-0.25, -0.2) is 4.39 Å². The second-order valence-electron chi connectivity index (χ2n) is 12.7. The molecule has 46 heavy (non-hydrogen) atoms. The Bertz CT molecular complexity index is 1970. The lowest BCUT2D eigenvalue weighted by Gasteiger charge is -2.19. The number of nitrogens with one attached hydrogen (secondary N) is 2. The number of allylic oxidation sites excluding steroid dienone is 2. The lowest BCUT2D eigenvalue weighted by molar-refractivity contribution is 0.163. The van der Waals surface area contributed by atoms with Crippen LogP contribution in [0.1, 0.15) is 18.4 Å².